The molecule has 22 heavy (non-hydrogen) atoms. The number of rotatable bonds is 4. The van der Waals surface area contributed by atoms with Crippen LogP contribution in [0, 0.1) is 0 Å². The molecule has 0 spiro atoms. The van der Waals surface area contributed by atoms with Gasteiger partial charge in [0, 0.05) is 6.08 Å². The third-order valence-electron chi connectivity index (χ3n) is 3.11. The van der Waals surface area contributed by atoms with Crippen LogP contribution in [0.4, 0.5) is 0 Å². The highest BCUT2D eigenvalue weighted by molar-refractivity contribution is 5.90. The monoisotopic (exact) mass is 299 g/mol. The minimum Gasteiger partial charge on any atom is -0.438 e. The zero-order valence-corrected chi connectivity index (χ0v) is 11.7. The Bertz CT molecular complexity index is 803. The number of hydroxylamine groups is 1. The van der Waals surface area contributed by atoms with E-state index in [1.165, 1.54) is 11.6 Å². The van der Waals surface area contributed by atoms with Crippen LogP contribution < -0.4 is 5.48 Å². The van der Waals surface area contributed by atoms with E-state index in [2.05, 4.69) is 15.3 Å². The molecule has 3 aromatic rings. The number of fused-ring (bicyclic) bond motifs is 1. The molecule has 0 saturated heterocycles. The molecular weight excluding hydrogens is 286 g/mol. The van der Waals surface area contributed by atoms with Crippen LogP contribution in [-0.4, -0.2) is 31.1 Å². The van der Waals surface area contributed by atoms with Gasteiger partial charge in [-0.15, -0.1) is 5.10 Å². The number of aromatic nitrogens is 4. The van der Waals surface area contributed by atoms with Gasteiger partial charge in [-0.3, -0.25) is 10.0 Å². The van der Waals surface area contributed by atoms with Gasteiger partial charge in [-0.2, -0.15) is 0 Å². The van der Waals surface area contributed by atoms with E-state index in [4.69, 9.17) is 9.62 Å². The first-order chi connectivity index (χ1) is 10.7. The number of hydrogen-bond donors (Lipinski definition) is 2. The topological polar surface area (TPSA) is 106 Å². The van der Waals surface area contributed by atoms with Crippen LogP contribution in [0.15, 0.2) is 41.0 Å². The van der Waals surface area contributed by atoms with Gasteiger partial charge in [-0.25, -0.2) is 15.1 Å². The highest BCUT2D eigenvalue weighted by Gasteiger charge is 2.16. The molecule has 0 bridgehead atoms. The maximum absolute atomic E-state index is 10.9. The fraction of sp³-hybridized carbons (Fsp3) is 0.143. The average molecular weight is 299 g/mol. The molecule has 1 unspecified atom stereocenters. The number of amides is 1. The number of benzene rings is 1. The van der Waals surface area contributed by atoms with Crippen LogP contribution in [0.25, 0.3) is 17.2 Å². The lowest BCUT2D eigenvalue weighted by atomic mass is 10.3. The summed E-state index contributed by atoms with van der Waals surface area (Å²) in [6.45, 7) is 1.88. The molecule has 2 N–H and O–H groups in total. The second kappa shape index (κ2) is 5.78. The van der Waals surface area contributed by atoms with E-state index < -0.39 is 5.91 Å². The zero-order chi connectivity index (χ0) is 15.5. The third kappa shape index (κ3) is 2.72. The lowest BCUT2D eigenvalue weighted by Gasteiger charge is -2.05. The first-order valence-electron chi connectivity index (χ1n) is 6.57. The van der Waals surface area contributed by atoms with Crippen molar-refractivity contribution in [2.24, 2.45) is 0 Å². The SMILES string of the molecule is CC(c1nc2ccccc2o1)n1cc(/C=C/C(=O)NO)nn1. The summed E-state index contributed by atoms with van der Waals surface area (Å²) in [5, 5.41) is 16.3. The molecule has 1 amide bonds. The van der Waals surface area contributed by atoms with Crippen LogP contribution in [0.5, 0.6) is 0 Å². The highest BCUT2D eigenvalue weighted by Crippen LogP contribution is 2.22. The molecule has 1 atom stereocenters. The zero-order valence-electron chi connectivity index (χ0n) is 11.7. The van der Waals surface area contributed by atoms with Gasteiger partial charge < -0.3 is 4.42 Å². The Morgan fingerprint density at radius 2 is 2.27 bits per heavy atom. The van der Waals surface area contributed by atoms with Gasteiger partial charge in [0.25, 0.3) is 5.91 Å². The van der Waals surface area contributed by atoms with E-state index in [0.717, 1.165) is 11.6 Å². The summed E-state index contributed by atoms with van der Waals surface area (Å²) in [6.07, 6.45) is 4.24. The molecule has 3 rings (SSSR count). The first-order valence-corrected chi connectivity index (χ1v) is 6.57. The van der Waals surface area contributed by atoms with Crippen molar-refractivity contribution >= 4 is 23.1 Å². The second-order valence-corrected chi connectivity index (χ2v) is 4.63. The van der Waals surface area contributed by atoms with Crippen molar-refractivity contribution in [3.05, 3.63) is 48.1 Å². The smallest absolute Gasteiger partial charge is 0.267 e. The highest BCUT2D eigenvalue weighted by atomic mass is 16.5. The molecule has 0 aliphatic heterocycles. The van der Waals surface area contributed by atoms with Crippen molar-refractivity contribution in [1.82, 2.24) is 25.5 Å². The summed E-state index contributed by atoms with van der Waals surface area (Å²) in [4.78, 5) is 15.3. The van der Waals surface area contributed by atoms with Crippen LogP contribution in [-0.2, 0) is 4.79 Å². The molecule has 0 aliphatic rings. The van der Waals surface area contributed by atoms with Gasteiger partial charge in [-0.05, 0) is 25.1 Å². The standard InChI is InChI=1S/C14H13N5O3/c1-9(14-15-11-4-2-3-5-12(11)22-14)19-8-10(16-18-19)6-7-13(20)17-21/h2-9,21H,1H3,(H,17,20)/b7-6+. The normalized spacial score (nSPS) is 12.8. The predicted molar refractivity (Wildman–Crippen MR) is 76.8 cm³/mol. The molecule has 0 aliphatic carbocycles. The van der Waals surface area contributed by atoms with Crippen molar-refractivity contribution in [1.29, 1.82) is 0 Å². The van der Waals surface area contributed by atoms with Gasteiger partial charge in [0.05, 0.1) is 6.20 Å². The van der Waals surface area contributed by atoms with E-state index in [9.17, 15) is 4.79 Å². The summed E-state index contributed by atoms with van der Waals surface area (Å²) in [6, 6.07) is 7.25. The summed E-state index contributed by atoms with van der Waals surface area (Å²) in [7, 11) is 0. The number of carbonyl (C=O) groups excluding carboxylic acids is 1. The summed E-state index contributed by atoms with van der Waals surface area (Å²) in [5.41, 5.74) is 3.47. The Morgan fingerprint density at radius 3 is 3.05 bits per heavy atom. The Balaban J connectivity index is 1.83. The van der Waals surface area contributed by atoms with Crippen molar-refractivity contribution in [2.45, 2.75) is 13.0 Å². The summed E-state index contributed by atoms with van der Waals surface area (Å²) >= 11 is 0. The Kier molecular flexibility index (Phi) is 3.67. The largest absolute Gasteiger partial charge is 0.438 e. The van der Waals surface area contributed by atoms with Crippen LogP contribution in [0.1, 0.15) is 24.6 Å². The molecule has 2 aromatic heterocycles. The van der Waals surface area contributed by atoms with Gasteiger partial charge >= 0.3 is 0 Å². The molecule has 0 radical (unpaired) electrons. The summed E-state index contributed by atoms with van der Waals surface area (Å²) < 4.78 is 7.28. The fourth-order valence-corrected chi connectivity index (χ4v) is 1.94. The lowest BCUT2D eigenvalue weighted by molar-refractivity contribution is -0.124. The van der Waals surface area contributed by atoms with Crippen molar-refractivity contribution in [2.75, 3.05) is 0 Å². The van der Waals surface area contributed by atoms with E-state index in [-0.39, 0.29) is 6.04 Å². The van der Waals surface area contributed by atoms with Crippen molar-refractivity contribution in [3.63, 3.8) is 0 Å². The Hall–Kier alpha value is -3.00. The minimum atomic E-state index is -0.637. The fourth-order valence-electron chi connectivity index (χ4n) is 1.94. The number of carbonyl (C=O) groups is 1. The lowest BCUT2D eigenvalue weighted by Crippen LogP contribution is -2.14. The van der Waals surface area contributed by atoms with E-state index in [1.807, 2.05) is 31.2 Å². The Labute approximate surface area is 125 Å². The number of oxazole rings is 1. The molecule has 0 saturated carbocycles. The van der Waals surface area contributed by atoms with E-state index in [1.54, 1.807) is 10.9 Å². The minimum absolute atomic E-state index is 0.242. The molecule has 2 heterocycles. The average Bonchev–Trinajstić information content (AvgIpc) is 3.18. The molecule has 0 fully saturated rings. The van der Waals surface area contributed by atoms with Crippen LogP contribution in [0.3, 0.4) is 0 Å². The van der Waals surface area contributed by atoms with Crippen molar-refractivity contribution < 1.29 is 14.4 Å². The maximum atomic E-state index is 10.9. The number of nitrogens with zero attached hydrogens (tertiary/aromatic N) is 4. The third-order valence-corrected chi connectivity index (χ3v) is 3.11. The van der Waals surface area contributed by atoms with Crippen LogP contribution in [0.2, 0.25) is 0 Å². The van der Waals surface area contributed by atoms with Gasteiger partial charge in [0.1, 0.15) is 17.3 Å². The quantitative estimate of drug-likeness (QED) is 0.430. The second-order valence-electron chi connectivity index (χ2n) is 4.63. The summed E-state index contributed by atoms with van der Waals surface area (Å²) in [5.74, 6) is -0.115. The van der Waals surface area contributed by atoms with Gasteiger partial charge in [0.2, 0.25) is 5.89 Å². The van der Waals surface area contributed by atoms with Gasteiger partial charge in [0.15, 0.2) is 5.58 Å². The molecule has 8 nitrogen and oxygen atoms in total. The number of hydrogen-bond acceptors (Lipinski definition) is 6. The molecule has 112 valence electrons. The number of para-hydroxylation sites is 2. The van der Waals surface area contributed by atoms with E-state index >= 15 is 0 Å². The maximum Gasteiger partial charge on any atom is 0.267 e. The first kappa shape index (κ1) is 14.0. The van der Waals surface area contributed by atoms with Gasteiger partial charge in [-0.1, -0.05) is 17.3 Å². The van der Waals surface area contributed by atoms with Crippen LogP contribution >= 0.6 is 0 Å². The van der Waals surface area contributed by atoms with Crippen molar-refractivity contribution in [3.8, 4) is 0 Å². The van der Waals surface area contributed by atoms with E-state index in [0.29, 0.717) is 17.2 Å². The number of nitrogens with one attached hydrogen (secondary N) is 1. The molecule has 8 heteroatoms. The molecular formula is C14H13N5O3. The Morgan fingerprint density at radius 1 is 1.45 bits per heavy atom. The molecule has 1 aromatic carbocycles. The predicted octanol–water partition coefficient (Wildman–Crippen LogP) is 1.55.